The van der Waals surface area contributed by atoms with Crippen molar-refractivity contribution < 1.29 is 0 Å². The summed E-state index contributed by atoms with van der Waals surface area (Å²) in [5.74, 6) is 0. The van der Waals surface area contributed by atoms with Crippen LogP contribution in [0, 0.1) is 0 Å². The van der Waals surface area contributed by atoms with E-state index >= 15 is 0 Å². The lowest BCUT2D eigenvalue weighted by Crippen LogP contribution is -2.64. The zero-order valence-electron chi connectivity index (χ0n) is 12.8. The van der Waals surface area contributed by atoms with E-state index in [9.17, 15) is 0 Å². The van der Waals surface area contributed by atoms with Crippen molar-refractivity contribution in [3.05, 3.63) is 12.2 Å². The summed E-state index contributed by atoms with van der Waals surface area (Å²) in [7, 11) is -2.59. The maximum Gasteiger partial charge on any atom is 0.121 e. The van der Waals surface area contributed by atoms with Crippen LogP contribution in [0.3, 0.4) is 0 Å². The van der Waals surface area contributed by atoms with Crippen LogP contribution >= 0.6 is 0 Å². The number of rotatable bonds is 4. The van der Waals surface area contributed by atoms with E-state index < -0.39 is 16.5 Å². The van der Waals surface area contributed by atoms with Gasteiger partial charge < -0.3 is 4.23 Å². The third kappa shape index (κ3) is 3.86. The molecule has 0 aromatic heterocycles. The standard InChI is InChI=1S/C13H31NSi2/c1-10-11-12-14(15(5,6)7)16(8,9)13(2,3)4/h10-11H,12H2,1-9H3. The van der Waals surface area contributed by atoms with Crippen LogP contribution in [0.5, 0.6) is 0 Å². The zero-order chi connectivity index (χ0) is 13.2. The summed E-state index contributed by atoms with van der Waals surface area (Å²) in [6.45, 7) is 22.9. The Hall–Kier alpha value is 0.134. The molecule has 1 nitrogen and oxygen atoms in total. The van der Waals surface area contributed by atoms with Crippen LogP contribution in [0.15, 0.2) is 12.2 Å². The molecular weight excluding hydrogens is 226 g/mol. The predicted molar refractivity (Wildman–Crippen MR) is 82.1 cm³/mol. The average Bonchev–Trinajstić information content (AvgIpc) is 1.99. The van der Waals surface area contributed by atoms with Crippen molar-refractivity contribution in [3.63, 3.8) is 0 Å². The van der Waals surface area contributed by atoms with Crippen molar-refractivity contribution in [2.24, 2.45) is 0 Å². The van der Waals surface area contributed by atoms with Crippen LogP contribution in [0.2, 0.25) is 37.8 Å². The highest BCUT2D eigenvalue weighted by molar-refractivity contribution is 6.91. The van der Waals surface area contributed by atoms with E-state index in [1.807, 2.05) is 0 Å². The first-order valence-corrected chi connectivity index (χ1v) is 12.7. The van der Waals surface area contributed by atoms with E-state index in [4.69, 9.17) is 0 Å². The van der Waals surface area contributed by atoms with Crippen molar-refractivity contribution in [1.29, 1.82) is 0 Å². The highest BCUT2D eigenvalue weighted by Gasteiger charge is 2.44. The van der Waals surface area contributed by atoms with Gasteiger partial charge in [0.1, 0.15) is 16.5 Å². The molecule has 0 aromatic rings. The van der Waals surface area contributed by atoms with Crippen LogP contribution in [0.25, 0.3) is 0 Å². The monoisotopic (exact) mass is 257 g/mol. The minimum Gasteiger partial charge on any atom is -0.342 e. The van der Waals surface area contributed by atoms with E-state index in [0.717, 1.165) is 6.54 Å². The van der Waals surface area contributed by atoms with Crippen LogP contribution in [-0.4, -0.2) is 27.2 Å². The van der Waals surface area contributed by atoms with Gasteiger partial charge in [0.15, 0.2) is 0 Å². The topological polar surface area (TPSA) is 3.24 Å². The highest BCUT2D eigenvalue weighted by Crippen LogP contribution is 2.40. The van der Waals surface area contributed by atoms with Gasteiger partial charge >= 0.3 is 0 Å². The molecule has 0 atom stereocenters. The molecule has 0 amide bonds. The Morgan fingerprint density at radius 1 is 1.00 bits per heavy atom. The van der Waals surface area contributed by atoms with Crippen molar-refractivity contribution in [2.45, 2.75) is 65.5 Å². The van der Waals surface area contributed by atoms with Gasteiger partial charge in [-0.3, -0.25) is 0 Å². The second-order valence-corrected chi connectivity index (χ2v) is 17.6. The van der Waals surface area contributed by atoms with Gasteiger partial charge in [-0.1, -0.05) is 65.7 Å². The number of hydrogen-bond donors (Lipinski definition) is 0. The molecule has 0 saturated heterocycles. The molecule has 0 saturated carbocycles. The van der Waals surface area contributed by atoms with E-state index in [0.29, 0.717) is 5.04 Å². The maximum absolute atomic E-state index is 2.86. The molecule has 0 aliphatic carbocycles. The van der Waals surface area contributed by atoms with E-state index in [2.05, 4.69) is 76.8 Å². The molecule has 96 valence electrons. The van der Waals surface area contributed by atoms with Crippen LogP contribution in [-0.2, 0) is 0 Å². The Morgan fingerprint density at radius 2 is 1.44 bits per heavy atom. The first-order valence-electron chi connectivity index (χ1n) is 6.33. The summed E-state index contributed by atoms with van der Waals surface area (Å²) in [5, 5.41) is 0.439. The second-order valence-electron chi connectivity index (χ2n) is 7.16. The molecule has 0 bridgehead atoms. The molecule has 0 unspecified atom stereocenters. The minimum atomic E-state index is -1.36. The van der Waals surface area contributed by atoms with E-state index in [1.54, 1.807) is 0 Å². The third-order valence-electron chi connectivity index (χ3n) is 3.84. The lowest BCUT2D eigenvalue weighted by Gasteiger charge is -2.51. The van der Waals surface area contributed by atoms with Crippen molar-refractivity contribution in [3.8, 4) is 0 Å². The lowest BCUT2D eigenvalue weighted by molar-refractivity contribution is 0.590. The normalized spacial score (nSPS) is 15.1. The van der Waals surface area contributed by atoms with Crippen molar-refractivity contribution in [2.75, 3.05) is 6.54 Å². The van der Waals surface area contributed by atoms with E-state index in [-0.39, 0.29) is 0 Å². The lowest BCUT2D eigenvalue weighted by atomic mass is 10.2. The number of allylic oxidation sites excluding steroid dienone is 1. The Bertz CT molecular complexity index is 244. The average molecular weight is 258 g/mol. The Morgan fingerprint density at radius 3 is 1.69 bits per heavy atom. The molecule has 16 heavy (non-hydrogen) atoms. The summed E-state index contributed by atoms with van der Waals surface area (Å²) in [6.07, 6.45) is 4.50. The summed E-state index contributed by atoms with van der Waals surface area (Å²) < 4.78 is 2.86. The molecule has 3 heteroatoms. The van der Waals surface area contributed by atoms with E-state index in [1.165, 1.54) is 0 Å². The fraction of sp³-hybridized carbons (Fsp3) is 0.846. The Balaban J connectivity index is 5.19. The van der Waals surface area contributed by atoms with Crippen LogP contribution in [0.4, 0.5) is 0 Å². The third-order valence-corrected chi connectivity index (χ3v) is 14.5. The van der Waals surface area contributed by atoms with Gasteiger partial charge in [-0.25, -0.2) is 0 Å². The maximum atomic E-state index is 2.86. The number of nitrogens with zero attached hydrogens (tertiary/aromatic N) is 1. The van der Waals surface area contributed by atoms with Gasteiger partial charge in [0, 0.05) is 6.54 Å². The zero-order valence-corrected chi connectivity index (χ0v) is 14.8. The Kier molecular flexibility index (Phi) is 5.23. The molecule has 0 heterocycles. The quantitative estimate of drug-likeness (QED) is 0.521. The molecule has 0 spiro atoms. The van der Waals surface area contributed by atoms with Gasteiger partial charge in [-0.05, 0) is 12.0 Å². The minimum absolute atomic E-state index is 0.439. The fourth-order valence-corrected chi connectivity index (χ4v) is 11.7. The largest absolute Gasteiger partial charge is 0.342 e. The van der Waals surface area contributed by atoms with Gasteiger partial charge in [0.25, 0.3) is 0 Å². The molecule has 0 aliphatic heterocycles. The molecule has 0 fully saturated rings. The summed E-state index contributed by atoms with van der Waals surface area (Å²) >= 11 is 0. The molecule has 0 N–H and O–H groups in total. The van der Waals surface area contributed by atoms with Crippen LogP contribution in [0.1, 0.15) is 27.7 Å². The molecular formula is C13H31NSi2. The van der Waals surface area contributed by atoms with Crippen molar-refractivity contribution >= 4 is 16.5 Å². The number of hydrogen-bond acceptors (Lipinski definition) is 1. The first-order chi connectivity index (χ1) is 6.94. The SMILES string of the molecule is CC=CCN([Si](C)(C)C)[Si](C)(C)C(C)(C)C. The fourth-order valence-electron chi connectivity index (χ4n) is 1.96. The molecule has 0 radical (unpaired) electrons. The summed E-state index contributed by atoms with van der Waals surface area (Å²) in [4.78, 5) is 0. The first kappa shape index (κ1) is 16.1. The van der Waals surface area contributed by atoms with Crippen LogP contribution < -0.4 is 0 Å². The smallest absolute Gasteiger partial charge is 0.121 e. The molecule has 0 aliphatic rings. The molecule has 0 rings (SSSR count). The van der Waals surface area contributed by atoms with Gasteiger partial charge in [-0.2, -0.15) is 0 Å². The summed E-state index contributed by atoms with van der Waals surface area (Å²) in [6, 6.07) is 0. The molecule has 0 aromatic carbocycles. The second kappa shape index (κ2) is 5.19. The van der Waals surface area contributed by atoms with Gasteiger partial charge in [-0.15, -0.1) is 0 Å². The Labute approximate surface area is 105 Å². The van der Waals surface area contributed by atoms with Gasteiger partial charge in [0.05, 0.1) is 0 Å². The van der Waals surface area contributed by atoms with Crippen molar-refractivity contribution in [1.82, 2.24) is 4.23 Å². The highest BCUT2D eigenvalue weighted by atomic mass is 28.4. The van der Waals surface area contributed by atoms with Gasteiger partial charge in [0.2, 0.25) is 0 Å². The predicted octanol–water partition coefficient (Wildman–Crippen LogP) is 4.70. The summed E-state index contributed by atoms with van der Waals surface area (Å²) in [5.41, 5.74) is 0.